The summed E-state index contributed by atoms with van der Waals surface area (Å²) in [6.45, 7) is 2.74. The fourth-order valence-corrected chi connectivity index (χ4v) is 3.64. The normalized spacial score (nSPS) is 23.4. The number of hydrogen-bond donors (Lipinski definition) is 1. The van der Waals surface area contributed by atoms with Gasteiger partial charge in [0.25, 0.3) is 0 Å². The third-order valence-corrected chi connectivity index (χ3v) is 5.38. The maximum absolute atomic E-state index is 12.9. The summed E-state index contributed by atoms with van der Waals surface area (Å²) in [4.78, 5) is 31.5. The summed E-state index contributed by atoms with van der Waals surface area (Å²) in [5.41, 5.74) is -0.0917. The van der Waals surface area contributed by atoms with Crippen molar-refractivity contribution in [1.29, 1.82) is 0 Å². The van der Waals surface area contributed by atoms with Crippen molar-refractivity contribution < 1.29 is 19.1 Å². The Morgan fingerprint density at radius 2 is 1.84 bits per heavy atom. The predicted molar refractivity (Wildman–Crippen MR) is 88.2 cm³/mol. The Labute approximate surface area is 146 Å². The molecule has 0 radical (unpaired) electrons. The molecule has 0 bridgehead atoms. The van der Waals surface area contributed by atoms with Crippen LogP contribution in [0.1, 0.15) is 31.4 Å². The zero-order valence-electron chi connectivity index (χ0n) is 14.2. The fraction of sp³-hybridized carbons (Fsp3) is 0.611. The lowest BCUT2D eigenvalue weighted by Gasteiger charge is -2.38. The molecular weight excluding hydrogens is 322 g/mol. The molecule has 3 fully saturated rings. The number of amides is 2. The topological polar surface area (TPSA) is 80.8 Å². The average Bonchev–Trinajstić information content (AvgIpc) is 3.36. The van der Waals surface area contributed by atoms with Crippen LogP contribution in [0.3, 0.4) is 0 Å². The lowest BCUT2D eigenvalue weighted by molar-refractivity contribution is -0.188. The van der Waals surface area contributed by atoms with Crippen molar-refractivity contribution in [3.05, 3.63) is 30.1 Å². The molecule has 7 nitrogen and oxygen atoms in total. The van der Waals surface area contributed by atoms with E-state index in [1.54, 1.807) is 11.1 Å². The minimum absolute atomic E-state index is 0.0566. The smallest absolute Gasteiger partial charge is 0.238 e. The molecule has 0 unspecified atom stereocenters. The molecule has 1 aromatic rings. The molecule has 1 saturated carbocycles. The Kier molecular flexibility index (Phi) is 4.21. The van der Waals surface area contributed by atoms with Gasteiger partial charge in [-0.3, -0.25) is 14.6 Å². The van der Waals surface area contributed by atoms with Crippen molar-refractivity contribution in [2.24, 2.45) is 5.41 Å². The third kappa shape index (κ3) is 3.14. The quantitative estimate of drug-likeness (QED) is 0.818. The van der Waals surface area contributed by atoms with E-state index in [-0.39, 0.29) is 11.8 Å². The van der Waals surface area contributed by atoms with Gasteiger partial charge in [-0.25, -0.2) is 0 Å². The summed E-state index contributed by atoms with van der Waals surface area (Å²) in [6, 6.07) is 5.56. The molecule has 7 heteroatoms. The molecule has 134 valence electrons. The number of carbonyl (C=O) groups excluding carboxylic acids is 2. The highest BCUT2D eigenvalue weighted by atomic mass is 16.7. The van der Waals surface area contributed by atoms with E-state index in [1.165, 1.54) is 0 Å². The first-order chi connectivity index (χ1) is 12.1. The minimum Gasteiger partial charge on any atom is -0.350 e. The van der Waals surface area contributed by atoms with E-state index in [1.807, 2.05) is 18.2 Å². The van der Waals surface area contributed by atoms with Crippen molar-refractivity contribution in [2.45, 2.75) is 38.0 Å². The van der Waals surface area contributed by atoms with E-state index in [2.05, 4.69) is 10.3 Å². The maximum atomic E-state index is 12.9. The number of ether oxygens (including phenoxy) is 2. The van der Waals surface area contributed by atoms with Gasteiger partial charge in [0, 0.05) is 32.1 Å². The number of rotatable bonds is 4. The predicted octanol–water partition coefficient (Wildman–Crippen LogP) is 0.843. The molecule has 0 atom stereocenters. The third-order valence-electron chi connectivity index (χ3n) is 5.38. The van der Waals surface area contributed by atoms with Gasteiger partial charge in [-0.15, -0.1) is 0 Å². The van der Waals surface area contributed by atoms with Crippen molar-refractivity contribution >= 4 is 11.8 Å². The summed E-state index contributed by atoms with van der Waals surface area (Å²) >= 11 is 0. The Morgan fingerprint density at radius 1 is 1.12 bits per heavy atom. The van der Waals surface area contributed by atoms with Gasteiger partial charge in [0.1, 0.15) is 5.41 Å². The van der Waals surface area contributed by atoms with E-state index < -0.39 is 11.2 Å². The summed E-state index contributed by atoms with van der Waals surface area (Å²) < 4.78 is 11.4. The lowest BCUT2D eigenvalue weighted by Crippen LogP contribution is -2.51. The summed E-state index contributed by atoms with van der Waals surface area (Å²) in [5.74, 6) is -0.745. The standard InChI is InChI=1S/C18H23N3O4/c22-15(20-13-14-3-1-2-8-19-14)17(4-5-17)16(23)21-9-6-18(7-10-21)24-11-12-25-18/h1-3,8H,4-7,9-13H2,(H,20,22). The number of hydrogen-bond acceptors (Lipinski definition) is 5. The van der Waals surface area contributed by atoms with Crippen LogP contribution < -0.4 is 5.32 Å². The second-order valence-electron chi connectivity index (χ2n) is 6.99. The summed E-state index contributed by atoms with van der Waals surface area (Å²) in [7, 11) is 0. The second kappa shape index (κ2) is 6.38. The zero-order chi connectivity index (χ0) is 17.3. The number of piperidine rings is 1. The summed E-state index contributed by atoms with van der Waals surface area (Å²) in [5, 5.41) is 2.87. The van der Waals surface area contributed by atoms with Crippen LogP contribution in [0.25, 0.3) is 0 Å². The van der Waals surface area contributed by atoms with Gasteiger partial charge < -0.3 is 19.7 Å². The number of likely N-dealkylation sites (tertiary alicyclic amines) is 1. The van der Waals surface area contributed by atoms with Crippen molar-refractivity contribution in [2.75, 3.05) is 26.3 Å². The van der Waals surface area contributed by atoms with Crippen molar-refractivity contribution in [3.63, 3.8) is 0 Å². The van der Waals surface area contributed by atoms with Gasteiger partial charge in [-0.1, -0.05) is 6.07 Å². The molecule has 1 N–H and O–H groups in total. The van der Waals surface area contributed by atoms with E-state index in [9.17, 15) is 9.59 Å². The maximum Gasteiger partial charge on any atom is 0.238 e. The Hall–Kier alpha value is -1.99. The Morgan fingerprint density at radius 3 is 2.44 bits per heavy atom. The van der Waals surface area contributed by atoms with Gasteiger partial charge in [0.2, 0.25) is 11.8 Å². The highest BCUT2D eigenvalue weighted by Crippen LogP contribution is 2.48. The molecule has 25 heavy (non-hydrogen) atoms. The fourth-order valence-electron chi connectivity index (χ4n) is 3.64. The Balaban J connectivity index is 1.34. The first-order valence-corrected chi connectivity index (χ1v) is 8.89. The number of nitrogens with one attached hydrogen (secondary N) is 1. The van der Waals surface area contributed by atoms with Gasteiger partial charge in [-0.05, 0) is 25.0 Å². The van der Waals surface area contributed by atoms with Gasteiger partial charge in [0.05, 0.1) is 25.5 Å². The highest BCUT2D eigenvalue weighted by molar-refractivity contribution is 6.07. The van der Waals surface area contributed by atoms with Crippen LogP contribution >= 0.6 is 0 Å². The van der Waals surface area contributed by atoms with Crippen LogP contribution in [0, 0.1) is 5.41 Å². The van der Waals surface area contributed by atoms with E-state index in [4.69, 9.17) is 9.47 Å². The van der Waals surface area contributed by atoms with E-state index >= 15 is 0 Å². The second-order valence-corrected chi connectivity index (χ2v) is 6.99. The molecule has 2 amide bonds. The van der Waals surface area contributed by atoms with Crippen molar-refractivity contribution in [1.82, 2.24) is 15.2 Å². The molecule has 2 aliphatic heterocycles. The van der Waals surface area contributed by atoms with Crippen molar-refractivity contribution in [3.8, 4) is 0 Å². The number of nitrogens with zero attached hydrogens (tertiary/aromatic N) is 2. The molecule has 1 spiro atoms. The first kappa shape index (κ1) is 16.5. The largest absolute Gasteiger partial charge is 0.350 e. The zero-order valence-corrected chi connectivity index (χ0v) is 14.2. The number of aromatic nitrogens is 1. The summed E-state index contributed by atoms with van der Waals surface area (Å²) in [6.07, 6.45) is 4.27. The monoisotopic (exact) mass is 345 g/mol. The molecular formula is C18H23N3O4. The van der Waals surface area contributed by atoms with Crippen LogP contribution in [-0.4, -0.2) is 53.8 Å². The number of carbonyl (C=O) groups is 2. The SMILES string of the molecule is O=C(NCc1ccccn1)C1(C(=O)N2CCC3(CC2)OCCO3)CC1. The highest BCUT2D eigenvalue weighted by Gasteiger charge is 2.58. The molecule has 2 saturated heterocycles. The van der Waals surface area contributed by atoms with Crippen LogP contribution in [0.5, 0.6) is 0 Å². The molecule has 3 heterocycles. The van der Waals surface area contributed by atoms with Crippen LogP contribution in [0.2, 0.25) is 0 Å². The van der Waals surface area contributed by atoms with Gasteiger partial charge in [-0.2, -0.15) is 0 Å². The molecule has 1 aliphatic carbocycles. The van der Waals surface area contributed by atoms with E-state index in [0.29, 0.717) is 58.5 Å². The first-order valence-electron chi connectivity index (χ1n) is 8.89. The number of pyridine rings is 1. The molecule has 0 aromatic carbocycles. The van der Waals surface area contributed by atoms with Crippen LogP contribution in [-0.2, 0) is 25.6 Å². The van der Waals surface area contributed by atoms with E-state index in [0.717, 1.165) is 5.69 Å². The lowest BCUT2D eigenvalue weighted by atomic mass is 9.98. The Bertz CT molecular complexity index is 644. The molecule has 3 aliphatic rings. The van der Waals surface area contributed by atoms with Crippen LogP contribution in [0.4, 0.5) is 0 Å². The average molecular weight is 345 g/mol. The van der Waals surface area contributed by atoms with Crippen LogP contribution in [0.15, 0.2) is 24.4 Å². The molecule has 1 aromatic heterocycles. The molecule has 4 rings (SSSR count). The van der Waals surface area contributed by atoms with Gasteiger partial charge in [0.15, 0.2) is 5.79 Å². The van der Waals surface area contributed by atoms with Gasteiger partial charge >= 0.3 is 0 Å². The minimum atomic E-state index is -0.878.